The van der Waals surface area contributed by atoms with Crippen molar-refractivity contribution < 1.29 is 20.1 Å². The highest BCUT2D eigenvalue weighted by Crippen LogP contribution is 2.25. The van der Waals surface area contributed by atoms with Crippen LogP contribution in [0.3, 0.4) is 0 Å². The van der Waals surface area contributed by atoms with E-state index < -0.39 is 12.2 Å². The third-order valence-corrected chi connectivity index (χ3v) is 3.36. The molecule has 100 valence electrons. The van der Waals surface area contributed by atoms with E-state index in [-0.39, 0.29) is 28.1 Å². The number of thioether (sulfide) groups is 1. The normalized spacial score (nSPS) is 14.2. The van der Waals surface area contributed by atoms with Crippen molar-refractivity contribution >= 4 is 28.5 Å². The Morgan fingerprint density at radius 2 is 2.17 bits per heavy atom. The van der Waals surface area contributed by atoms with Crippen molar-refractivity contribution in [1.82, 2.24) is 4.98 Å². The number of aliphatic hydroxyl groups excluding tert-OH is 2. The average molecular weight is 292 g/mol. The molecular formula is C11H14ClNO4S. The van der Waals surface area contributed by atoms with E-state index in [0.717, 1.165) is 11.8 Å². The summed E-state index contributed by atoms with van der Waals surface area (Å²) in [5.41, 5.74) is 0.179. The smallest absolute Gasteiger partial charge is 0.185 e. The van der Waals surface area contributed by atoms with Gasteiger partial charge < -0.3 is 15.3 Å². The fraction of sp³-hybridized carbons (Fsp3) is 0.455. The summed E-state index contributed by atoms with van der Waals surface area (Å²) in [5.74, 6) is 0.230. The molecule has 2 atom stereocenters. The van der Waals surface area contributed by atoms with Gasteiger partial charge in [-0.15, -0.1) is 0 Å². The van der Waals surface area contributed by atoms with Crippen molar-refractivity contribution in [2.45, 2.75) is 25.6 Å². The van der Waals surface area contributed by atoms with Gasteiger partial charge >= 0.3 is 0 Å². The minimum Gasteiger partial charge on any atom is -0.505 e. The van der Waals surface area contributed by atoms with Crippen molar-refractivity contribution in [3.05, 3.63) is 23.0 Å². The Balaban J connectivity index is 2.59. The molecule has 0 amide bonds. The van der Waals surface area contributed by atoms with Gasteiger partial charge in [0.05, 0.1) is 11.8 Å². The van der Waals surface area contributed by atoms with Crippen LogP contribution in [0.4, 0.5) is 0 Å². The molecule has 0 aliphatic carbocycles. The van der Waals surface area contributed by atoms with Gasteiger partial charge in [0.1, 0.15) is 6.10 Å². The summed E-state index contributed by atoms with van der Waals surface area (Å²) in [4.78, 5) is 14.5. The van der Waals surface area contributed by atoms with E-state index in [1.165, 1.54) is 19.1 Å². The summed E-state index contributed by atoms with van der Waals surface area (Å²) in [6.07, 6.45) is -1.98. The largest absolute Gasteiger partial charge is 0.505 e. The van der Waals surface area contributed by atoms with Gasteiger partial charge in [0.15, 0.2) is 16.0 Å². The lowest BCUT2D eigenvalue weighted by Crippen LogP contribution is -2.20. The predicted octanol–water partition coefficient (Wildman–Crippen LogP) is 1.50. The molecule has 7 heteroatoms. The third-order valence-electron chi connectivity index (χ3n) is 2.24. The van der Waals surface area contributed by atoms with Crippen LogP contribution < -0.4 is 0 Å². The number of aromatic hydroxyl groups is 1. The van der Waals surface area contributed by atoms with E-state index in [0.29, 0.717) is 5.75 Å². The van der Waals surface area contributed by atoms with Gasteiger partial charge in [-0.25, -0.2) is 4.98 Å². The summed E-state index contributed by atoms with van der Waals surface area (Å²) >= 11 is 6.69. The summed E-state index contributed by atoms with van der Waals surface area (Å²) in [6, 6.07) is 2.68. The SMILES string of the molecule is CC(=O)SCCC(O)C(O)c1ccc(O)c(Cl)n1. The molecule has 3 N–H and O–H groups in total. The third kappa shape index (κ3) is 4.45. The van der Waals surface area contributed by atoms with E-state index in [1.54, 1.807) is 0 Å². The van der Waals surface area contributed by atoms with E-state index in [2.05, 4.69) is 4.98 Å². The molecule has 0 aromatic carbocycles. The molecule has 0 saturated heterocycles. The minimum atomic E-state index is -1.20. The lowest BCUT2D eigenvalue weighted by molar-refractivity contribution is -0.109. The van der Waals surface area contributed by atoms with Crippen LogP contribution in [0.25, 0.3) is 0 Å². The maximum Gasteiger partial charge on any atom is 0.185 e. The highest BCUT2D eigenvalue weighted by Gasteiger charge is 2.20. The van der Waals surface area contributed by atoms with Crippen LogP contribution in [-0.4, -0.2) is 37.3 Å². The molecule has 1 rings (SSSR count). The van der Waals surface area contributed by atoms with E-state index in [4.69, 9.17) is 11.6 Å². The Kier molecular flexibility index (Phi) is 5.87. The molecule has 1 aromatic heterocycles. The maximum absolute atomic E-state index is 10.7. The lowest BCUT2D eigenvalue weighted by atomic mass is 10.1. The first kappa shape index (κ1) is 15.2. The zero-order valence-corrected chi connectivity index (χ0v) is 11.3. The quantitative estimate of drug-likeness (QED) is 0.712. The zero-order chi connectivity index (χ0) is 13.7. The van der Waals surface area contributed by atoms with Gasteiger partial charge in [-0.2, -0.15) is 0 Å². The predicted molar refractivity (Wildman–Crippen MR) is 69.6 cm³/mol. The number of pyridine rings is 1. The second-order valence-electron chi connectivity index (χ2n) is 3.69. The summed E-state index contributed by atoms with van der Waals surface area (Å²) in [6.45, 7) is 1.44. The van der Waals surface area contributed by atoms with Gasteiger partial charge in [0.2, 0.25) is 0 Å². The van der Waals surface area contributed by atoms with Crippen LogP contribution in [0.2, 0.25) is 5.15 Å². The van der Waals surface area contributed by atoms with Gasteiger partial charge in [0, 0.05) is 12.7 Å². The molecule has 0 spiro atoms. The number of rotatable bonds is 5. The van der Waals surface area contributed by atoms with Crippen molar-refractivity contribution in [2.75, 3.05) is 5.75 Å². The molecule has 1 aromatic rings. The molecule has 0 aliphatic heterocycles. The second-order valence-corrected chi connectivity index (χ2v) is 5.32. The molecule has 0 aliphatic rings. The monoisotopic (exact) mass is 291 g/mol. The second kappa shape index (κ2) is 6.94. The molecule has 0 radical (unpaired) electrons. The fourth-order valence-electron chi connectivity index (χ4n) is 1.28. The number of halogens is 1. The molecule has 2 unspecified atom stereocenters. The molecule has 0 bridgehead atoms. The first-order valence-electron chi connectivity index (χ1n) is 5.26. The molecule has 5 nitrogen and oxygen atoms in total. The van der Waals surface area contributed by atoms with Crippen LogP contribution in [0.1, 0.15) is 25.1 Å². The number of carbonyl (C=O) groups is 1. The molecule has 18 heavy (non-hydrogen) atoms. The molecular weight excluding hydrogens is 278 g/mol. The van der Waals surface area contributed by atoms with Gasteiger partial charge in [-0.05, 0) is 18.6 Å². The van der Waals surface area contributed by atoms with Crippen molar-refractivity contribution in [3.63, 3.8) is 0 Å². The zero-order valence-electron chi connectivity index (χ0n) is 9.71. The van der Waals surface area contributed by atoms with E-state index >= 15 is 0 Å². The highest BCUT2D eigenvalue weighted by molar-refractivity contribution is 8.13. The Labute approximate surface area is 114 Å². The number of aliphatic hydroxyl groups is 2. The minimum absolute atomic E-state index is 0.0394. The fourth-order valence-corrected chi connectivity index (χ4v) is 2.09. The van der Waals surface area contributed by atoms with Crippen LogP contribution in [-0.2, 0) is 4.79 Å². The molecule has 0 saturated carbocycles. The van der Waals surface area contributed by atoms with Crippen molar-refractivity contribution in [2.24, 2.45) is 0 Å². The molecule has 0 fully saturated rings. The standard InChI is InChI=1S/C11H14ClNO4S/c1-6(14)18-5-4-8(15)10(17)7-2-3-9(16)11(12)13-7/h2-3,8,10,15-17H,4-5H2,1H3. The Hall–Kier alpha value is -0.820. The number of aromatic nitrogens is 1. The van der Waals surface area contributed by atoms with Crippen molar-refractivity contribution in [1.29, 1.82) is 0 Å². The highest BCUT2D eigenvalue weighted by atomic mass is 35.5. The number of carbonyl (C=O) groups excluding carboxylic acids is 1. The Bertz CT molecular complexity index is 430. The van der Waals surface area contributed by atoms with Gasteiger partial charge in [-0.1, -0.05) is 23.4 Å². The molecule has 1 heterocycles. The summed E-state index contributed by atoms with van der Waals surface area (Å²) in [7, 11) is 0. The van der Waals surface area contributed by atoms with Gasteiger partial charge in [0.25, 0.3) is 0 Å². The number of nitrogens with zero attached hydrogens (tertiary/aromatic N) is 1. The first-order chi connectivity index (χ1) is 8.41. The average Bonchev–Trinajstić information content (AvgIpc) is 2.31. The first-order valence-corrected chi connectivity index (χ1v) is 6.63. The lowest BCUT2D eigenvalue weighted by Gasteiger charge is -2.17. The van der Waals surface area contributed by atoms with Crippen molar-refractivity contribution in [3.8, 4) is 5.75 Å². The maximum atomic E-state index is 10.7. The van der Waals surface area contributed by atoms with Crippen LogP contribution >= 0.6 is 23.4 Å². The van der Waals surface area contributed by atoms with Crippen LogP contribution in [0, 0.1) is 0 Å². The van der Waals surface area contributed by atoms with Crippen LogP contribution in [0.15, 0.2) is 12.1 Å². The Morgan fingerprint density at radius 3 is 2.72 bits per heavy atom. The van der Waals surface area contributed by atoms with E-state index in [9.17, 15) is 20.1 Å². The van der Waals surface area contributed by atoms with E-state index in [1.807, 2.05) is 0 Å². The summed E-state index contributed by atoms with van der Waals surface area (Å²) < 4.78 is 0. The topological polar surface area (TPSA) is 90.7 Å². The van der Waals surface area contributed by atoms with Gasteiger partial charge in [-0.3, -0.25) is 4.79 Å². The number of hydrogen-bond acceptors (Lipinski definition) is 6. The number of hydrogen-bond donors (Lipinski definition) is 3. The van der Waals surface area contributed by atoms with Crippen LogP contribution in [0.5, 0.6) is 5.75 Å². The Morgan fingerprint density at radius 1 is 1.50 bits per heavy atom. The summed E-state index contributed by atoms with van der Waals surface area (Å²) in [5, 5.41) is 28.6.